The predicted octanol–water partition coefficient (Wildman–Crippen LogP) is -0.751. The number of halogens is 2. The van der Waals surface area contributed by atoms with E-state index in [4.69, 9.17) is 4.74 Å². The van der Waals surface area contributed by atoms with Gasteiger partial charge in [-0.1, -0.05) is 0 Å². The number of morpholine rings is 1. The fourth-order valence-corrected chi connectivity index (χ4v) is 1.62. The second kappa shape index (κ2) is 7.29. The molecule has 0 aromatic rings. The van der Waals surface area contributed by atoms with E-state index in [1.807, 2.05) is 7.05 Å². The second-order valence-corrected chi connectivity index (χ2v) is 3.99. The molecule has 0 bridgehead atoms. The monoisotopic (exact) mass is 271 g/mol. The lowest BCUT2D eigenvalue weighted by molar-refractivity contribution is -0.138. The Morgan fingerprint density at radius 1 is 1.44 bits per heavy atom. The van der Waals surface area contributed by atoms with Crippen LogP contribution in [0.1, 0.15) is 0 Å². The third-order valence-electron chi connectivity index (χ3n) is 2.69. The molecule has 0 saturated carbocycles. The van der Waals surface area contributed by atoms with Crippen molar-refractivity contribution in [1.82, 2.24) is 15.5 Å². The summed E-state index contributed by atoms with van der Waals surface area (Å²) in [6.07, 6.45) is -0.283. The average molecular weight is 272 g/mol. The number of carbonyl (C=O) groups is 1. The number of amides is 1. The number of hydrogen-bond acceptors (Lipinski definition) is 4. The van der Waals surface area contributed by atoms with Crippen molar-refractivity contribution in [3.05, 3.63) is 0 Å². The van der Waals surface area contributed by atoms with E-state index in [0.717, 1.165) is 19.6 Å². The predicted molar refractivity (Wildman–Crippen MR) is 66.5 cm³/mol. The molecule has 5 nitrogen and oxygen atoms in total. The SMILES string of the molecule is CN1CCOC(C(=O)NC2CNC2)C1.Cl.Cl. The molecule has 2 rings (SSSR count). The van der Waals surface area contributed by atoms with Gasteiger partial charge in [-0.15, -0.1) is 24.8 Å². The van der Waals surface area contributed by atoms with Gasteiger partial charge in [0.25, 0.3) is 5.91 Å². The molecule has 7 heteroatoms. The van der Waals surface area contributed by atoms with Gasteiger partial charge in [0.2, 0.25) is 0 Å². The largest absolute Gasteiger partial charge is 0.366 e. The highest BCUT2D eigenvalue weighted by Crippen LogP contribution is 2.03. The molecule has 2 fully saturated rings. The molecule has 1 unspecified atom stereocenters. The van der Waals surface area contributed by atoms with Crippen molar-refractivity contribution < 1.29 is 9.53 Å². The van der Waals surface area contributed by atoms with Crippen molar-refractivity contribution in [2.24, 2.45) is 0 Å². The first kappa shape index (κ1) is 15.9. The highest BCUT2D eigenvalue weighted by atomic mass is 35.5. The molecule has 2 N–H and O–H groups in total. The molecule has 2 aliphatic rings. The van der Waals surface area contributed by atoms with Crippen LogP contribution >= 0.6 is 24.8 Å². The molecular weight excluding hydrogens is 253 g/mol. The highest BCUT2D eigenvalue weighted by Gasteiger charge is 2.28. The summed E-state index contributed by atoms with van der Waals surface area (Å²) in [5.41, 5.74) is 0. The third kappa shape index (κ3) is 4.07. The lowest BCUT2D eigenvalue weighted by Crippen LogP contribution is -2.60. The van der Waals surface area contributed by atoms with Crippen LogP contribution in [0.2, 0.25) is 0 Å². The zero-order valence-electron chi connectivity index (χ0n) is 9.27. The minimum atomic E-state index is -0.283. The number of nitrogens with one attached hydrogen (secondary N) is 2. The van der Waals surface area contributed by atoms with Crippen LogP contribution in [0.5, 0.6) is 0 Å². The highest BCUT2D eigenvalue weighted by molar-refractivity contribution is 5.85. The molecule has 0 aromatic heterocycles. The van der Waals surface area contributed by atoms with Crippen molar-refractivity contribution in [3.8, 4) is 0 Å². The van der Waals surface area contributed by atoms with Gasteiger partial charge in [0.15, 0.2) is 0 Å². The summed E-state index contributed by atoms with van der Waals surface area (Å²) in [7, 11) is 2.01. The van der Waals surface area contributed by atoms with Crippen molar-refractivity contribution in [2.75, 3.05) is 39.8 Å². The zero-order valence-corrected chi connectivity index (χ0v) is 10.9. The van der Waals surface area contributed by atoms with Gasteiger partial charge >= 0.3 is 0 Å². The lowest BCUT2D eigenvalue weighted by atomic mass is 10.1. The first-order valence-corrected chi connectivity index (χ1v) is 5.07. The third-order valence-corrected chi connectivity index (χ3v) is 2.69. The maximum Gasteiger partial charge on any atom is 0.250 e. The minimum Gasteiger partial charge on any atom is -0.366 e. The molecule has 1 amide bonds. The van der Waals surface area contributed by atoms with Crippen LogP contribution in [-0.4, -0.2) is 62.8 Å². The van der Waals surface area contributed by atoms with E-state index in [0.29, 0.717) is 19.2 Å². The van der Waals surface area contributed by atoms with E-state index in [-0.39, 0.29) is 36.8 Å². The van der Waals surface area contributed by atoms with Gasteiger partial charge in [-0.3, -0.25) is 4.79 Å². The maximum atomic E-state index is 11.7. The van der Waals surface area contributed by atoms with Crippen molar-refractivity contribution in [2.45, 2.75) is 12.1 Å². The van der Waals surface area contributed by atoms with Crippen LogP contribution in [0, 0.1) is 0 Å². The van der Waals surface area contributed by atoms with Crippen molar-refractivity contribution in [3.63, 3.8) is 0 Å². The summed E-state index contributed by atoms with van der Waals surface area (Å²) in [4.78, 5) is 13.8. The van der Waals surface area contributed by atoms with Crippen molar-refractivity contribution >= 4 is 30.7 Å². The summed E-state index contributed by atoms with van der Waals surface area (Å²) in [6.45, 7) is 4.03. The fourth-order valence-electron chi connectivity index (χ4n) is 1.62. The minimum absolute atomic E-state index is 0. The Balaban J connectivity index is 0.00000112. The van der Waals surface area contributed by atoms with E-state index in [1.54, 1.807) is 0 Å². The topological polar surface area (TPSA) is 53.6 Å². The summed E-state index contributed by atoms with van der Waals surface area (Å²) in [5.74, 6) is 0.0306. The molecule has 2 aliphatic heterocycles. The zero-order chi connectivity index (χ0) is 9.97. The van der Waals surface area contributed by atoms with Crippen LogP contribution in [-0.2, 0) is 9.53 Å². The molecule has 1 atom stereocenters. The Bertz CT molecular complexity index is 227. The standard InChI is InChI=1S/C9H17N3O2.2ClH/c1-12-2-3-14-8(6-12)9(13)11-7-4-10-5-7;;/h7-8,10H,2-6H2,1H3,(H,11,13);2*1H. The molecule has 0 spiro atoms. The van der Waals surface area contributed by atoms with E-state index in [2.05, 4.69) is 15.5 Å². The Morgan fingerprint density at radius 3 is 2.62 bits per heavy atom. The second-order valence-electron chi connectivity index (χ2n) is 3.99. The Labute approximate surface area is 108 Å². The van der Waals surface area contributed by atoms with E-state index < -0.39 is 0 Å². The van der Waals surface area contributed by atoms with Crippen LogP contribution in [0.3, 0.4) is 0 Å². The molecule has 0 aliphatic carbocycles. The van der Waals surface area contributed by atoms with Crippen LogP contribution in [0.25, 0.3) is 0 Å². The maximum absolute atomic E-state index is 11.7. The smallest absolute Gasteiger partial charge is 0.250 e. The molecular formula is C9H19Cl2N3O2. The molecule has 0 radical (unpaired) electrons. The van der Waals surface area contributed by atoms with Gasteiger partial charge < -0.3 is 20.3 Å². The van der Waals surface area contributed by atoms with Crippen LogP contribution < -0.4 is 10.6 Å². The lowest BCUT2D eigenvalue weighted by Gasteiger charge is -2.33. The summed E-state index contributed by atoms with van der Waals surface area (Å²) < 4.78 is 5.41. The Hall–Kier alpha value is -0.0700. The number of likely N-dealkylation sites (N-methyl/N-ethyl adjacent to an activating group) is 1. The van der Waals surface area contributed by atoms with Gasteiger partial charge in [-0.2, -0.15) is 0 Å². The quantitative estimate of drug-likeness (QED) is 0.694. The molecule has 2 saturated heterocycles. The average Bonchev–Trinajstić information content (AvgIpc) is 2.11. The van der Waals surface area contributed by atoms with Gasteiger partial charge in [-0.25, -0.2) is 0 Å². The fraction of sp³-hybridized carbons (Fsp3) is 0.889. The first-order chi connectivity index (χ1) is 6.75. The molecule has 96 valence electrons. The van der Waals surface area contributed by atoms with Crippen LogP contribution in [0.4, 0.5) is 0 Å². The van der Waals surface area contributed by atoms with Gasteiger partial charge in [0.05, 0.1) is 12.6 Å². The number of ether oxygens (including phenoxy) is 1. The van der Waals surface area contributed by atoms with E-state index >= 15 is 0 Å². The van der Waals surface area contributed by atoms with Crippen molar-refractivity contribution in [1.29, 1.82) is 0 Å². The summed E-state index contributed by atoms with van der Waals surface area (Å²) >= 11 is 0. The number of rotatable bonds is 2. The number of hydrogen-bond donors (Lipinski definition) is 2. The van der Waals surface area contributed by atoms with Gasteiger partial charge in [-0.05, 0) is 7.05 Å². The molecule has 2 heterocycles. The van der Waals surface area contributed by atoms with Gasteiger partial charge in [0.1, 0.15) is 6.10 Å². The van der Waals surface area contributed by atoms with Gasteiger partial charge in [0, 0.05) is 26.2 Å². The Kier molecular flexibility index (Phi) is 7.26. The Morgan fingerprint density at radius 2 is 2.12 bits per heavy atom. The van der Waals surface area contributed by atoms with E-state index in [1.165, 1.54) is 0 Å². The first-order valence-electron chi connectivity index (χ1n) is 5.07. The number of nitrogens with zero attached hydrogens (tertiary/aromatic N) is 1. The summed E-state index contributed by atoms with van der Waals surface area (Å²) in [6, 6.07) is 0.304. The van der Waals surface area contributed by atoms with E-state index in [9.17, 15) is 4.79 Å². The molecule has 0 aromatic carbocycles. The van der Waals surface area contributed by atoms with Crippen LogP contribution in [0.15, 0.2) is 0 Å². The molecule has 16 heavy (non-hydrogen) atoms. The summed E-state index contributed by atoms with van der Waals surface area (Å²) in [5, 5.41) is 6.07. The number of carbonyl (C=O) groups excluding carboxylic acids is 1. The normalized spacial score (nSPS) is 25.9.